The Bertz CT molecular complexity index is 940. The quantitative estimate of drug-likeness (QED) is 0.715. The molecular formula is C22H23N3O3. The number of nitrogens with one attached hydrogen (secondary N) is 1. The van der Waals surface area contributed by atoms with Crippen LogP contribution in [-0.4, -0.2) is 55.2 Å². The lowest BCUT2D eigenvalue weighted by molar-refractivity contribution is 0.0383. The second-order valence-electron chi connectivity index (χ2n) is 6.68. The van der Waals surface area contributed by atoms with E-state index in [-0.39, 0.29) is 5.91 Å². The van der Waals surface area contributed by atoms with Gasteiger partial charge < -0.3 is 14.8 Å². The molecule has 1 fully saturated rings. The molecule has 3 aromatic rings. The largest absolute Gasteiger partial charge is 0.457 e. The maximum absolute atomic E-state index is 12.7. The first-order chi connectivity index (χ1) is 13.8. The molecule has 1 aromatic heterocycles. The number of pyridine rings is 1. The van der Waals surface area contributed by atoms with Crippen LogP contribution >= 0.6 is 0 Å². The number of benzene rings is 2. The van der Waals surface area contributed by atoms with Crippen LogP contribution < -0.4 is 10.1 Å². The molecule has 1 aliphatic rings. The van der Waals surface area contributed by atoms with Crippen molar-refractivity contribution in [3.8, 4) is 11.5 Å². The molecule has 0 radical (unpaired) electrons. The third-order valence-electron chi connectivity index (χ3n) is 4.80. The van der Waals surface area contributed by atoms with E-state index in [4.69, 9.17) is 9.47 Å². The Morgan fingerprint density at radius 3 is 2.71 bits per heavy atom. The first kappa shape index (κ1) is 18.4. The van der Waals surface area contributed by atoms with E-state index < -0.39 is 0 Å². The molecule has 1 N–H and O–H groups in total. The molecule has 28 heavy (non-hydrogen) atoms. The van der Waals surface area contributed by atoms with Gasteiger partial charge in [0.1, 0.15) is 11.5 Å². The lowest BCUT2D eigenvalue weighted by Crippen LogP contribution is -2.41. The van der Waals surface area contributed by atoms with E-state index in [9.17, 15) is 4.79 Å². The molecule has 0 saturated carbocycles. The third kappa shape index (κ3) is 4.47. The van der Waals surface area contributed by atoms with Gasteiger partial charge in [-0.05, 0) is 47.2 Å². The van der Waals surface area contributed by atoms with Gasteiger partial charge in [-0.15, -0.1) is 0 Å². The molecule has 1 amide bonds. The fraction of sp³-hybridized carbons (Fsp3) is 0.273. The van der Waals surface area contributed by atoms with Gasteiger partial charge in [-0.3, -0.25) is 14.7 Å². The molecular weight excluding hydrogens is 354 g/mol. The molecule has 144 valence electrons. The van der Waals surface area contributed by atoms with Crippen molar-refractivity contribution in [3.05, 3.63) is 66.5 Å². The van der Waals surface area contributed by atoms with Crippen LogP contribution in [0.25, 0.3) is 10.8 Å². The van der Waals surface area contributed by atoms with Crippen LogP contribution in [0.5, 0.6) is 11.5 Å². The molecule has 6 nitrogen and oxygen atoms in total. The van der Waals surface area contributed by atoms with E-state index in [0.29, 0.717) is 12.1 Å². The number of hydrogen-bond donors (Lipinski definition) is 1. The average Bonchev–Trinajstić information content (AvgIpc) is 2.74. The van der Waals surface area contributed by atoms with Gasteiger partial charge in [0.2, 0.25) is 0 Å². The molecule has 0 spiro atoms. The van der Waals surface area contributed by atoms with Gasteiger partial charge in [0.15, 0.2) is 0 Å². The summed E-state index contributed by atoms with van der Waals surface area (Å²) in [5, 5.41) is 4.91. The highest BCUT2D eigenvalue weighted by molar-refractivity contribution is 6.07. The number of fused-ring (bicyclic) bond motifs is 1. The minimum absolute atomic E-state index is 0.0540. The molecule has 0 aliphatic carbocycles. The van der Waals surface area contributed by atoms with Crippen molar-refractivity contribution < 1.29 is 14.3 Å². The van der Waals surface area contributed by atoms with Crippen molar-refractivity contribution in [2.45, 2.75) is 0 Å². The zero-order chi connectivity index (χ0) is 19.2. The Kier molecular flexibility index (Phi) is 5.80. The van der Waals surface area contributed by atoms with E-state index >= 15 is 0 Å². The second-order valence-corrected chi connectivity index (χ2v) is 6.68. The minimum Gasteiger partial charge on any atom is -0.457 e. The molecule has 2 heterocycles. The summed E-state index contributed by atoms with van der Waals surface area (Å²) < 4.78 is 11.2. The normalized spacial score (nSPS) is 14.7. The number of hydrogen-bond acceptors (Lipinski definition) is 5. The molecule has 0 bridgehead atoms. The van der Waals surface area contributed by atoms with Crippen LogP contribution in [0.1, 0.15) is 10.4 Å². The summed E-state index contributed by atoms with van der Waals surface area (Å²) in [6.07, 6.45) is 3.38. The highest BCUT2D eigenvalue weighted by Crippen LogP contribution is 2.27. The van der Waals surface area contributed by atoms with E-state index in [1.807, 2.05) is 48.5 Å². The number of rotatable bonds is 6. The summed E-state index contributed by atoms with van der Waals surface area (Å²) in [6, 6.07) is 15.1. The van der Waals surface area contributed by atoms with Crippen LogP contribution in [-0.2, 0) is 4.74 Å². The van der Waals surface area contributed by atoms with Gasteiger partial charge in [-0.2, -0.15) is 0 Å². The Labute approximate surface area is 164 Å². The average molecular weight is 377 g/mol. The molecule has 1 aliphatic heterocycles. The van der Waals surface area contributed by atoms with Gasteiger partial charge in [0.25, 0.3) is 5.91 Å². The fourth-order valence-corrected chi connectivity index (χ4v) is 3.31. The number of amides is 1. The smallest absolute Gasteiger partial charge is 0.251 e. The second kappa shape index (κ2) is 8.82. The van der Waals surface area contributed by atoms with Crippen LogP contribution in [0, 0.1) is 0 Å². The van der Waals surface area contributed by atoms with Crippen LogP contribution in [0.2, 0.25) is 0 Å². The predicted octanol–water partition coefficient (Wildman–Crippen LogP) is 3.09. The summed E-state index contributed by atoms with van der Waals surface area (Å²) in [4.78, 5) is 19.0. The zero-order valence-electron chi connectivity index (χ0n) is 15.6. The number of morpholine rings is 1. The van der Waals surface area contributed by atoms with Crippen LogP contribution in [0.3, 0.4) is 0 Å². The number of nitrogens with zero attached hydrogens (tertiary/aromatic N) is 2. The first-order valence-electron chi connectivity index (χ1n) is 9.48. The lowest BCUT2D eigenvalue weighted by atomic mass is 10.0. The van der Waals surface area contributed by atoms with Crippen molar-refractivity contribution in [3.63, 3.8) is 0 Å². The molecule has 2 aromatic carbocycles. The van der Waals surface area contributed by atoms with Crippen molar-refractivity contribution in [1.82, 2.24) is 15.2 Å². The molecule has 4 rings (SSSR count). The maximum atomic E-state index is 12.7. The van der Waals surface area contributed by atoms with E-state index in [1.54, 1.807) is 12.4 Å². The molecule has 0 atom stereocenters. The zero-order valence-corrected chi connectivity index (χ0v) is 15.6. The first-order valence-corrected chi connectivity index (χ1v) is 9.48. The van der Waals surface area contributed by atoms with Gasteiger partial charge in [0.05, 0.1) is 13.2 Å². The minimum atomic E-state index is -0.0540. The molecule has 6 heteroatoms. The Morgan fingerprint density at radius 2 is 1.89 bits per heavy atom. The van der Waals surface area contributed by atoms with Gasteiger partial charge in [0, 0.05) is 44.1 Å². The maximum Gasteiger partial charge on any atom is 0.251 e. The van der Waals surface area contributed by atoms with Crippen molar-refractivity contribution in [1.29, 1.82) is 0 Å². The molecule has 1 saturated heterocycles. The summed E-state index contributed by atoms with van der Waals surface area (Å²) in [6.45, 7) is 4.83. The van der Waals surface area contributed by atoms with Gasteiger partial charge >= 0.3 is 0 Å². The van der Waals surface area contributed by atoms with Gasteiger partial charge in [-0.25, -0.2) is 0 Å². The van der Waals surface area contributed by atoms with E-state index in [1.165, 1.54) is 0 Å². The van der Waals surface area contributed by atoms with Crippen LogP contribution in [0.4, 0.5) is 0 Å². The SMILES string of the molecule is O=C(NCCN1CCOCC1)c1cccc2cc(Oc3ccncc3)ccc12. The number of ether oxygens (including phenoxy) is 2. The molecule has 0 unspecified atom stereocenters. The van der Waals surface area contributed by atoms with Crippen molar-refractivity contribution in [2.75, 3.05) is 39.4 Å². The summed E-state index contributed by atoms with van der Waals surface area (Å²) in [7, 11) is 0. The summed E-state index contributed by atoms with van der Waals surface area (Å²) in [5.41, 5.74) is 0.676. The third-order valence-corrected chi connectivity index (χ3v) is 4.80. The van der Waals surface area contributed by atoms with Crippen molar-refractivity contribution in [2.24, 2.45) is 0 Å². The van der Waals surface area contributed by atoms with Gasteiger partial charge in [-0.1, -0.05) is 12.1 Å². The Hall–Kier alpha value is -2.96. The topological polar surface area (TPSA) is 63.7 Å². The summed E-state index contributed by atoms with van der Waals surface area (Å²) in [5.74, 6) is 1.40. The van der Waals surface area contributed by atoms with E-state index in [0.717, 1.165) is 55.1 Å². The Balaban J connectivity index is 1.44. The number of aromatic nitrogens is 1. The number of carbonyl (C=O) groups is 1. The summed E-state index contributed by atoms with van der Waals surface area (Å²) >= 11 is 0. The lowest BCUT2D eigenvalue weighted by Gasteiger charge is -2.26. The highest BCUT2D eigenvalue weighted by atomic mass is 16.5. The number of carbonyl (C=O) groups excluding carboxylic acids is 1. The highest BCUT2D eigenvalue weighted by Gasteiger charge is 2.13. The van der Waals surface area contributed by atoms with Crippen molar-refractivity contribution >= 4 is 16.7 Å². The van der Waals surface area contributed by atoms with E-state index in [2.05, 4.69) is 15.2 Å². The fourth-order valence-electron chi connectivity index (χ4n) is 3.31. The Morgan fingerprint density at radius 1 is 1.07 bits per heavy atom. The monoisotopic (exact) mass is 377 g/mol. The standard InChI is InChI=1S/C22H23N3O3/c26-22(24-10-11-25-12-14-27-15-13-25)21-3-1-2-17-16-19(4-5-20(17)21)28-18-6-8-23-9-7-18/h1-9,16H,10-15H2,(H,24,26). The predicted molar refractivity (Wildman–Crippen MR) is 108 cm³/mol. The van der Waals surface area contributed by atoms with Crippen LogP contribution in [0.15, 0.2) is 60.9 Å².